The number of aliphatic hydroxyl groups excluding tert-OH is 12. The number of hydrogen-bond donors (Lipinski definition) is 12. The number of rotatable bonds is 11. The van der Waals surface area contributed by atoms with Crippen molar-refractivity contribution in [3.05, 3.63) is 0 Å². The standard InChI is InChI=1S/C18H34O16.Fe/c19-1-5(21)9(23)10(24)6(22)3-31-17-16(30)14(28)12(26)8(34-17)4-32-18-15(29)13(27)11(25)7(2-20)33-18;/h5-30H,1-4H2;/q;+3/t5-,6+,7+,8+,9+,10+,11+,12+,13-,14-,15+,16+,17-,18-;/m0./s1. The van der Waals surface area contributed by atoms with E-state index in [4.69, 9.17) is 24.1 Å². The van der Waals surface area contributed by atoms with Crippen LogP contribution in [0.15, 0.2) is 0 Å². The number of hydrogen-bond acceptors (Lipinski definition) is 16. The van der Waals surface area contributed by atoms with Crippen LogP contribution < -0.4 is 0 Å². The van der Waals surface area contributed by atoms with Crippen molar-refractivity contribution in [3.8, 4) is 0 Å². The van der Waals surface area contributed by atoms with Crippen LogP contribution in [-0.2, 0) is 36.0 Å². The summed E-state index contributed by atoms with van der Waals surface area (Å²) in [6.07, 6.45) is -23.8. The zero-order valence-electron chi connectivity index (χ0n) is 18.3. The first-order chi connectivity index (χ1) is 15.9. The fourth-order valence-electron chi connectivity index (χ4n) is 3.44. The van der Waals surface area contributed by atoms with E-state index < -0.39 is 112 Å². The van der Waals surface area contributed by atoms with Crippen molar-refractivity contribution < 1.29 is 97.3 Å². The van der Waals surface area contributed by atoms with Crippen LogP contribution in [0.4, 0.5) is 0 Å². The van der Waals surface area contributed by atoms with Crippen LogP contribution in [0.5, 0.6) is 0 Å². The third-order valence-electron chi connectivity index (χ3n) is 5.70. The Hall–Kier alpha value is -0.121. The Morgan fingerprint density at radius 3 is 1.57 bits per heavy atom. The smallest absolute Gasteiger partial charge is 0.394 e. The van der Waals surface area contributed by atoms with E-state index in [1.165, 1.54) is 0 Å². The van der Waals surface area contributed by atoms with Gasteiger partial charge in [0.25, 0.3) is 0 Å². The van der Waals surface area contributed by atoms with Crippen LogP contribution in [0.1, 0.15) is 0 Å². The van der Waals surface area contributed by atoms with Gasteiger partial charge in [0, 0.05) is 0 Å². The molecule has 2 aliphatic rings. The van der Waals surface area contributed by atoms with Crippen LogP contribution in [0.2, 0.25) is 0 Å². The van der Waals surface area contributed by atoms with E-state index in [9.17, 15) is 56.2 Å². The summed E-state index contributed by atoms with van der Waals surface area (Å²) in [4.78, 5) is 0. The number of ether oxygens (including phenoxy) is 4. The molecule has 1 radical (unpaired) electrons. The van der Waals surface area contributed by atoms with Crippen LogP contribution >= 0.6 is 0 Å². The Bertz CT molecular complexity index is 603. The molecular formula is C18H34FeO16+3. The average Bonchev–Trinajstić information content (AvgIpc) is 2.84. The van der Waals surface area contributed by atoms with Crippen LogP contribution in [0, 0.1) is 0 Å². The Morgan fingerprint density at radius 1 is 0.600 bits per heavy atom. The predicted octanol–water partition coefficient (Wildman–Crippen LogP) is -7.94. The third kappa shape index (κ3) is 7.93. The fourth-order valence-corrected chi connectivity index (χ4v) is 3.44. The zero-order chi connectivity index (χ0) is 25.7. The van der Waals surface area contributed by atoms with Gasteiger partial charge in [-0.2, -0.15) is 0 Å². The quantitative estimate of drug-likeness (QED) is 0.104. The van der Waals surface area contributed by atoms with Crippen LogP contribution in [0.3, 0.4) is 0 Å². The molecule has 0 unspecified atom stereocenters. The van der Waals surface area contributed by atoms with E-state index in [1.807, 2.05) is 0 Å². The van der Waals surface area contributed by atoms with Gasteiger partial charge in [0.1, 0.15) is 73.2 Å². The SMILES string of the molecule is OC[C@H](O)[C@@H](O)[C@H](O)[C@H](O)CO[C@H]1O[C@H](CO[C@H]2O[C@H](CO)[C@@H](O)[C@H](O)[C@H]2O)[C@@H](O)[C@H](O)[C@H]1O.[Fe+3]. The summed E-state index contributed by atoms with van der Waals surface area (Å²) in [5.74, 6) is 0. The van der Waals surface area contributed by atoms with Crippen LogP contribution in [-0.4, -0.2) is 174 Å². The second-order valence-electron chi connectivity index (χ2n) is 8.18. The van der Waals surface area contributed by atoms with E-state index >= 15 is 0 Å². The third-order valence-corrected chi connectivity index (χ3v) is 5.70. The molecule has 0 amide bonds. The molecule has 17 heteroatoms. The molecule has 0 aromatic heterocycles. The van der Waals surface area contributed by atoms with Crippen molar-refractivity contribution in [1.29, 1.82) is 0 Å². The van der Waals surface area contributed by atoms with E-state index in [0.29, 0.717) is 0 Å². The van der Waals surface area contributed by atoms with E-state index in [2.05, 4.69) is 0 Å². The molecule has 0 saturated carbocycles. The van der Waals surface area contributed by atoms with E-state index in [0.717, 1.165) is 0 Å². The minimum absolute atomic E-state index is 0. The normalized spacial score (nSPS) is 41.5. The molecule has 35 heavy (non-hydrogen) atoms. The molecule has 2 fully saturated rings. The molecular weight excluding hydrogens is 528 g/mol. The summed E-state index contributed by atoms with van der Waals surface area (Å²) in [5, 5.41) is 117. The van der Waals surface area contributed by atoms with Crippen molar-refractivity contribution in [3.63, 3.8) is 0 Å². The fraction of sp³-hybridized carbons (Fsp3) is 1.00. The van der Waals surface area contributed by atoms with Gasteiger partial charge in [0.2, 0.25) is 0 Å². The number of aliphatic hydroxyl groups is 12. The zero-order valence-corrected chi connectivity index (χ0v) is 19.4. The van der Waals surface area contributed by atoms with Gasteiger partial charge in [-0.25, -0.2) is 0 Å². The molecule has 2 aliphatic heterocycles. The molecule has 207 valence electrons. The van der Waals surface area contributed by atoms with Crippen molar-refractivity contribution >= 4 is 0 Å². The summed E-state index contributed by atoms with van der Waals surface area (Å²) in [6, 6.07) is 0. The van der Waals surface area contributed by atoms with E-state index in [-0.39, 0.29) is 17.1 Å². The molecule has 2 saturated heterocycles. The van der Waals surface area contributed by atoms with Gasteiger partial charge < -0.3 is 80.2 Å². The molecule has 12 N–H and O–H groups in total. The Kier molecular flexibility index (Phi) is 13.8. The molecule has 0 aromatic carbocycles. The maximum absolute atomic E-state index is 10.2. The summed E-state index contributed by atoms with van der Waals surface area (Å²) in [6.45, 7) is -2.97. The average molecular weight is 562 g/mol. The topological polar surface area (TPSA) is 280 Å². The summed E-state index contributed by atoms with van der Waals surface area (Å²) < 4.78 is 20.8. The van der Waals surface area contributed by atoms with Gasteiger partial charge in [0.05, 0.1) is 26.4 Å². The van der Waals surface area contributed by atoms with Gasteiger partial charge in [-0.3, -0.25) is 0 Å². The summed E-state index contributed by atoms with van der Waals surface area (Å²) >= 11 is 0. The van der Waals surface area contributed by atoms with Crippen molar-refractivity contribution in [2.45, 2.75) is 85.8 Å². The Morgan fingerprint density at radius 2 is 1.06 bits per heavy atom. The summed E-state index contributed by atoms with van der Waals surface area (Å²) in [5.41, 5.74) is 0. The molecule has 0 aromatic rings. The van der Waals surface area contributed by atoms with Gasteiger partial charge in [-0.15, -0.1) is 0 Å². The molecule has 16 nitrogen and oxygen atoms in total. The maximum atomic E-state index is 10.2. The van der Waals surface area contributed by atoms with E-state index in [1.54, 1.807) is 0 Å². The van der Waals surface area contributed by atoms with Crippen molar-refractivity contribution in [1.82, 2.24) is 0 Å². The molecule has 2 heterocycles. The first-order valence-electron chi connectivity index (χ1n) is 10.5. The van der Waals surface area contributed by atoms with Gasteiger partial charge in [-0.1, -0.05) is 0 Å². The maximum Gasteiger partial charge on any atom is 3.00 e. The summed E-state index contributed by atoms with van der Waals surface area (Å²) in [7, 11) is 0. The van der Waals surface area contributed by atoms with Gasteiger partial charge in [-0.05, 0) is 0 Å². The monoisotopic (exact) mass is 562 g/mol. The first kappa shape index (κ1) is 32.9. The van der Waals surface area contributed by atoms with Gasteiger partial charge in [0.15, 0.2) is 12.6 Å². The molecule has 14 atom stereocenters. The molecule has 2 rings (SSSR count). The minimum atomic E-state index is -1.95. The Labute approximate surface area is 210 Å². The second kappa shape index (κ2) is 14.7. The molecule has 0 bridgehead atoms. The molecule has 0 aliphatic carbocycles. The van der Waals surface area contributed by atoms with Gasteiger partial charge >= 0.3 is 17.1 Å². The first-order valence-corrected chi connectivity index (χ1v) is 10.5. The van der Waals surface area contributed by atoms with Crippen molar-refractivity contribution in [2.24, 2.45) is 0 Å². The second-order valence-corrected chi connectivity index (χ2v) is 8.18. The van der Waals surface area contributed by atoms with Crippen molar-refractivity contribution in [2.75, 3.05) is 26.4 Å². The molecule has 0 spiro atoms. The van der Waals surface area contributed by atoms with Crippen LogP contribution in [0.25, 0.3) is 0 Å². The predicted molar refractivity (Wildman–Crippen MR) is 103 cm³/mol. The Balaban J connectivity index is 0.00000612. The minimum Gasteiger partial charge on any atom is -0.394 e. The largest absolute Gasteiger partial charge is 3.00 e.